The second-order valence-electron chi connectivity index (χ2n) is 5.52. The van der Waals surface area contributed by atoms with Crippen LogP contribution in [0.2, 0.25) is 0 Å². The van der Waals surface area contributed by atoms with Gasteiger partial charge in [-0.3, -0.25) is 4.79 Å². The predicted octanol–water partition coefficient (Wildman–Crippen LogP) is 2.89. The molecule has 3 N–H and O–H groups in total. The number of nitrogens with one attached hydrogen (secondary N) is 3. The molecule has 1 amide bonds. The Bertz CT molecular complexity index is 584. The summed E-state index contributed by atoms with van der Waals surface area (Å²) < 4.78 is 0. The van der Waals surface area contributed by atoms with Crippen molar-refractivity contribution in [1.29, 1.82) is 0 Å². The molecule has 4 heteroatoms. The van der Waals surface area contributed by atoms with E-state index in [-0.39, 0.29) is 5.91 Å². The Morgan fingerprint density at radius 2 is 2.10 bits per heavy atom. The zero-order chi connectivity index (χ0) is 13.8. The maximum Gasteiger partial charge on any atom is 0.224 e. The first-order chi connectivity index (χ1) is 9.83. The molecule has 4 nitrogen and oxygen atoms in total. The molecule has 1 aliphatic rings. The molecule has 0 saturated carbocycles. The highest BCUT2D eigenvalue weighted by molar-refractivity contribution is 6.01. The molecule has 2 heterocycles. The molecule has 0 atom stereocenters. The first kappa shape index (κ1) is 13.2. The summed E-state index contributed by atoms with van der Waals surface area (Å²) in [5, 5.41) is 7.46. The number of carbonyl (C=O) groups is 1. The van der Waals surface area contributed by atoms with Crippen molar-refractivity contribution < 1.29 is 4.79 Å². The number of hydrogen-bond acceptors (Lipinski definition) is 2. The average Bonchev–Trinajstić information content (AvgIpc) is 2.96. The van der Waals surface area contributed by atoms with Crippen LogP contribution in [-0.2, 0) is 4.79 Å². The summed E-state index contributed by atoms with van der Waals surface area (Å²) in [5.41, 5.74) is 1.96. The number of aromatic amines is 1. The van der Waals surface area contributed by atoms with Gasteiger partial charge in [-0.1, -0.05) is 6.07 Å². The molecule has 1 aromatic heterocycles. The summed E-state index contributed by atoms with van der Waals surface area (Å²) in [4.78, 5) is 15.2. The number of fused-ring (bicyclic) bond motifs is 1. The van der Waals surface area contributed by atoms with Crippen LogP contribution < -0.4 is 10.6 Å². The van der Waals surface area contributed by atoms with Gasteiger partial charge in [-0.25, -0.2) is 0 Å². The van der Waals surface area contributed by atoms with Gasteiger partial charge in [0.2, 0.25) is 5.91 Å². The molecule has 0 bridgehead atoms. The molecule has 3 rings (SSSR count). The Balaban J connectivity index is 1.57. The molecule has 1 fully saturated rings. The minimum atomic E-state index is 0.122. The molecule has 0 spiro atoms. The predicted molar refractivity (Wildman–Crippen MR) is 81.8 cm³/mol. The van der Waals surface area contributed by atoms with E-state index in [4.69, 9.17) is 0 Å². The van der Waals surface area contributed by atoms with Crippen LogP contribution in [0.25, 0.3) is 10.9 Å². The number of carbonyl (C=O) groups excluding carboxylic acids is 1. The largest absolute Gasteiger partial charge is 0.361 e. The van der Waals surface area contributed by atoms with Gasteiger partial charge in [0.25, 0.3) is 0 Å². The van der Waals surface area contributed by atoms with Gasteiger partial charge in [0.1, 0.15) is 0 Å². The first-order valence-electron chi connectivity index (χ1n) is 7.39. The Morgan fingerprint density at radius 1 is 1.25 bits per heavy atom. The van der Waals surface area contributed by atoms with Crippen molar-refractivity contribution in [2.24, 2.45) is 5.92 Å². The van der Waals surface area contributed by atoms with Gasteiger partial charge >= 0.3 is 0 Å². The summed E-state index contributed by atoms with van der Waals surface area (Å²) in [7, 11) is 0. The molecule has 0 radical (unpaired) electrons. The topological polar surface area (TPSA) is 56.9 Å². The van der Waals surface area contributed by atoms with Crippen molar-refractivity contribution in [3.05, 3.63) is 30.5 Å². The lowest BCUT2D eigenvalue weighted by molar-refractivity contribution is -0.116. The van der Waals surface area contributed by atoms with Crippen molar-refractivity contribution in [3.63, 3.8) is 0 Å². The number of rotatable bonds is 4. The summed E-state index contributed by atoms with van der Waals surface area (Å²) >= 11 is 0. The highest BCUT2D eigenvalue weighted by Crippen LogP contribution is 2.23. The number of amides is 1. The molecule has 106 valence electrons. The minimum absolute atomic E-state index is 0.122. The monoisotopic (exact) mass is 271 g/mol. The summed E-state index contributed by atoms with van der Waals surface area (Å²) in [6.45, 7) is 2.18. The average molecular weight is 271 g/mol. The standard InChI is InChI=1S/C16H21N3O/c20-16(5-4-12-6-9-17-10-7-12)19-15-3-1-2-14-13(15)8-11-18-14/h1-3,8,11-12,17-18H,4-7,9-10H2,(H,19,20). The highest BCUT2D eigenvalue weighted by atomic mass is 16.1. The maximum absolute atomic E-state index is 12.1. The number of aromatic nitrogens is 1. The van der Waals surface area contributed by atoms with Crippen molar-refractivity contribution in [2.45, 2.75) is 25.7 Å². The van der Waals surface area contributed by atoms with Crippen LogP contribution in [0.5, 0.6) is 0 Å². The van der Waals surface area contributed by atoms with Gasteiger partial charge < -0.3 is 15.6 Å². The van der Waals surface area contributed by atoms with E-state index in [1.54, 1.807) is 0 Å². The third kappa shape index (κ3) is 3.02. The lowest BCUT2D eigenvalue weighted by Gasteiger charge is -2.22. The van der Waals surface area contributed by atoms with Gasteiger partial charge in [0.15, 0.2) is 0 Å². The van der Waals surface area contributed by atoms with E-state index in [1.807, 2.05) is 30.5 Å². The molecule has 2 aromatic rings. The van der Waals surface area contributed by atoms with Gasteiger partial charge in [0.05, 0.1) is 5.69 Å². The fourth-order valence-electron chi connectivity index (χ4n) is 2.91. The second-order valence-corrected chi connectivity index (χ2v) is 5.52. The number of piperidine rings is 1. The zero-order valence-electron chi connectivity index (χ0n) is 11.6. The first-order valence-corrected chi connectivity index (χ1v) is 7.39. The van der Waals surface area contributed by atoms with E-state index >= 15 is 0 Å². The van der Waals surface area contributed by atoms with E-state index in [0.29, 0.717) is 12.3 Å². The van der Waals surface area contributed by atoms with E-state index in [1.165, 1.54) is 12.8 Å². The van der Waals surface area contributed by atoms with Crippen molar-refractivity contribution in [3.8, 4) is 0 Å². The Kier molecular flexibility index (Phi) is 4.02. The number of hydrogen-bond donors (Lipinski definition) is 3. The Labute approximate surface area is 118 Å². The summed E-state index contributed by atoms with van der Waals surface area (Å²) in [6, 6.07) is 7.93. The smallest absolute Gasteiger partial charge is 0.224 e. The lowest BCUT2D eigenvalue weighted by atomic mass is 9.93. The SMILES string of the molecule is O=C(CCC1CCNCC1)Nc1cccc2[nH]ccc12. The van der Waals surface area contributed by atoms with Gasteiger partial charge in [0, 0.05) is 23.5 Å². The van der Waals surface area contributed by atoms with E-state index < -0.39 is 0 Å². The zero-order valence-corrected chi connectivity index (χ0v) is 11.6. The van der Waals surface area contributed by atoms with E-state index in [9.17, 15) is 4.79 Å². The fraction of sp³-hybridized carbons (Fsp3) is 0.438. The maximum atomic E-state index is 12.1. The highest BCUT2D eigenvalue weighted by Gasteiger charge is 2.14. The minimum Gasteiger partial charge on any atom is -0.361 e. The Morgan fingerprint density at radius 3 is 2.95 bits per heavy atom. The number of benzene rings is 1. The third-order valence-corrected chi connectivity index (χ3v) is 4.11. The fourth-order valence-corrected chi connectivity index (χ4v) is 2.91. The van der Waals surface area contributed by atoms with Crippen LogP contribution >= 0.6 is 0 Å². The number of H-pyrrole nitrogens is 1. The molecule has 1 aromatic carbocycles. The van der Waals surface area contributed by atoms with Crippen LogP contribution in [0.1, 0.15) is 25.7 Å². The van der Waals surface area contributed by atoms with Crippen LogP contribution in [0.4, 0.5) is 5.69 Å². The summed E-state index contributed by atoms with van der Waals surface area (Å²) in [5.74, 6) is 0.822. The molecular formula is C16H21N3O. The molecular weight excluding hydrogens is 250 g/mol. The second kappa shape index (κ2) is 6.09. The molecule has 1 saturated heterocycles. The third-order valence-electron chi connectivity index (χ3n) is 4.11. The molecule has 1 aliphatic heterocycles. The van der Waals surface area contributed by atoms with Gasteiger partial charge in [-0.05, 0) is 56.5 Å². The summed E-state index contributed by atoms with van der Waals surface area (Å²) in [6.07, 6.45) is 5.90. The van der Waals surface area contributed by atoms with Crippen molar-refractivity contribution in [1.82, 2.24) is 10.3 Å². The normalized spacial score (nSPS) is 16.4. The van der Waals surface area contributed by atoms with Crippen LogP contribution in [0.3, 0.4) is 0 Å². The molecule has 0 aliphatic carbocycles. The lowest BCUT2D eigenvalue weighted by Crippen LogP contribution is -2.28. The van der Waals surface area contributed by atoms with Crippen LogP contribution in [-0.4, -0.2) is 24.0 Å². The van der Waals surface area contributed by atoms with Crippen LogP contribution in [0.15, 0.2) is 30.5 Å². The van der Waals surface area contributed by atoms with Crippen molar-refractivity contribution >= 4 is 22.5 Å². The molecule has 20 heavy (non-hydrogen) atoms. The van der Waals surface area contributed by atoms with Crippen LogP contribution in [0, 0.1) is 5.92 Å². The van der Waals surface area contributed by atoms with Gasteiger partial charge in [-0.15, -0.1) is 0 Å². The molecule has 0 unspecified atom stereocenters. The Hall–Kier alpha value is -1.81. The van der Waals surface area contributed by atoms with E-state index in [0.717, 1.165) is 36.1 Å². The van der Waals surface area contributed by atoms with Gasteiger partial charge in [-0.2, -0.15) is 0 Å². The quantitative estimate of drug-likeness (QED) is 0.801. The van der Waals surface area contributed by atoms with E-state index in [2.05, 4.69) is 15.6 Å². The number of anilines is 1. The van der Waals surface area contributed by atoms with Crippen molar-refractivity contribution in [2.75, 3.05) is 18.4 Å².